The number of rotatable bonds is 3. The Morgan fingerprint density at radius 1 is 1.34 bits per heavy atom. The summed E-state index contributed by atoms with van der Waals surface area (Å²) >= 11 is 0. The molecule has 29 heavy (non-hydrogen) atoms. The van der Waals surface area contributed by atoms with Crippen LogP contribution in [0.4, 0.5) is 5.69 Å². The van der Waals surface area contributed by atoms with Crippen LogP contribution in [-0.4, -0.2) is 41.7 Å². The molecule has 6 nitrogen and oxygen atoms in total. The van der Waals surface area contributed by atoms with E-state index >= 15 is 0 Å². The predicted molar refractivity (Wildman–Crippen MR) is 108 cm³/mol. The number of esters is 1. The maximum atomic E-state index is 13.6. The number of ketones is 1. The largest absolute Gasteiger partial charge is 0.427 e. The van der Waals surface area contributed by atoms with Crippen molar-refractivity contribution in [1.82, 2.24) is 4.90 Å². The van der Waals surface area contributed by atoms with Gasteiger partial charge in [-0.3, -0.25) is 19.3 Å². The second-order valence-electron chi connectivity index (χ2n) is 8.73. The minimum Gasteiger partial charge on any atom is -0.427 e. The molecule has 1 saturated carbocycles. The second-order valence-corrected chi connectivity index (χ2v) is 8.73. The van der Waals surface area contributed by atoms with Crippen LogP contribution < -0.4 is 10.1 Å². The summed E-state index contributed by atoms with van der Waals surface area (Å²) in [6.07, 6.45) is 7.27. The van der Waals surface area contributed by atoms with E-state index in [1.54, 1.807) is 12.1 Å². The summed E-state index contributed by atoms with van der Waals surface area (Å²) in [4.78, 5) is 40.7. The number of fused-ring (bicyclic) bond motifs is 1. The number of amides is 1. The summed E-state index contributed by atoms with van der Waals surface area (Å²) in [6, 6.07) is 5.26. The summed E-state index contributed by atoms with van der Waals surface area (Å²) in [6.45, 7) is 8.58. The van der Waals surface area contributed by atoms with Crippen LogP contribution in [0.5, 0.6) is 5.75 Å². The number of nitrogens with zero attached hydrogens (tertiary/aromatic N) is 1. The van der Waals surface area contributed by atoms with Crippen molar-refractivity contribution in [3.05, 3.63) is 48.6 Å². The number of Topliss-reactive ketones (excluding diaryl/α,β-unsaturated/α-hetero) is 1. The Bertz CT molecular complexity index is 1010. The molecule has 1 N–H and O–H groups in total. The fourth-order valence-electron chi connectivity index (χ4n) is 6.72. The average molecular weight is 392 g/mol. The van der Waals surface area contributed by atoms with E-state index in [9.17, 15) is 14.4 Å². The first-order chi connectivity index (χ1) is 13.8. The van der Waals surface area contributed by atoms with E-state index in [1.807, 2.05) is 12.1 Å². The third kappa shape index (κ3) is 1.97. The first-order valence-corrected chi connectivity index (χ1v) is 10.0. The van der Waals surface area contributed by atoms with Gasteiger partial charge in [-0.15, -0.1) is 6.58 Å². The molecule has 6 heteroatoms. The number of carbonyl (C=O) groups is 3. The number of anilines is 1. The van der Waals surface area contributed by atoms with Crippen molar-refractivity contribution in [2.45, 2.75) is 38.1 Å². The summed E-state index contributed by atoms with van der Waals surface area (Å²) in [5, 5.41) is 2.99. The van der Waals surface area contributed by atoms with E-state index in [2.05, 4.69) is 28.9 Å². The lowest BCUT2D eigenvalue weighted by Crippen LogP contribution is -2.60. The molecule has 1 aromatic carbocycles. The Balaban J connectivity index is 1.84. The third-order valence-corrected chi connectivity index (χ3v) is 7.59. The first-order valence-electron chi connectivity index (χ1n) is 10.0. The van der Waals surface area contributed by atoms with Crippen molar-refractivity contribution in [3.8, 4) is 5.75 Å². The summed E-state index contributed by atoms with van der Waals surface area (Å²) in [7, 11) is 0. The highest BCUT2D eigenvalue weighted by atomic mass is 16.5. The minimum absolute atomic E-state index is 0.0428. The Hall–Kier alpha value is -2.73. The molecule has 2 fully saturated rings. The molecule has 4 atom stereocenters. The number of nitrogens with one attached hydrogen (secondary N) is 1. The predicted octanol–water partition coefficient (Wildman–Crippen LogP) is 2.60. The zero-order valence-corrected chi connectivity index (χ0v) is 16.7. The Labute approximate surface area is 169 Å². The van der Waals surface area contributed by atoms with Crippen molar-refractivity contribution in [2.75, 3.05) is 18.4 Å². The normalized spacial score (nSPS) is 36.6. The number of hydrogen-bond donors (Lipinski definition) is 1. The van der Waals surface area contributed by atoms with Crippen LogP contribution in [0.2, 0.25) is 0 Å². The van der Waals surface area contributed by atoms with Gasteiger partial charge in [-0.25, -0.2) is 0 Å². The van der Waals surface area contributed by atoms with Gasteiger partial charge in [0.25, 0.3) is 0 Å². The van der Waals surface area contributed by atoms with Crippen LogP contribution in [0, 0.1) is 10.8 Å². The molecule has 0 radical (unpaired) electrons. The van der Waals surface area contributed by atoms with E-state index in [-0.39, 0.29) is 17.7 Å². The van der Waals surface area contributed by atoms with Crippen LogP contribution >= 0.6 is 0 Å². The third-order valence-electron chi connectivity index (χ3n) is 7.59. The zero-order chi connectivity index (χ0) is 20.6. The Kier molecular flexibility index (Phi) is 3.57. The molecule has 5 rings (SSSR count). The van der Waals surface area contributed by atoms with Crippen LogP contribution in [0.3, 0.4) is 0 Å². The van der Waals surface area contributed by atoms with Gasteiger partial charge in [-0.2, -0.15) is 0 Å². The molecule has 0 aromatic heterocycles. The van der Waals surface area contributed by atoms with E-state index in [4.69, 9.17) is 4.74 Å². The zero-order valence-electron chi connectivity index (χ0n) is 16.7. The lowest BCUT2D eigenvalue weighted by molar-refractivity contribution is -0.143. The van der Waals surface area contributed by atoms with E-state index < -0.39 is 22.2 Å². The number of benzene rings is 1. The van der Waals surface area contributed by atoms with Gasteiger partial charge >= 0.3 is 5.97 Å². The molecule has 1 aromatic rings. The summed E-state index contributed by atoms with van der Waals surface area (Å²) in [5.74, 6) is -0.325. The molecule has 1 spiro atoms. The average Bonchev–Trinajstić information content (AvgIpc) is 3.20. The smallest absolute Gasteiger partial charge is 0.308 e. The molecule has 1 unspecified atom stereocenters. The van der Waals surface area contributed by atoms with Crippen molar-refractivity contribution in [2.24, 2.45) is 10.8 Å². The Morgan fingerprint density at radius 2 is 2.14 bits per heavy atom. The van der Waals surface area contributed by atoms with Crippen molar-refractivity contribution < 1.29 is 19.1 Å². The van der Waals surface area contributed by atoms with Crippen molar-refractivity contribution in [3.63, 3.8) is 0 Å². The van der Waals surface area contributed by atoms with Crippen LogP contribution in [-0.2, 0) is 19.8 Å². The van der Waals surface area contributed by atoms with Gasteiger partial charge in [0.1, 0.15) is 16.9 Å². The molecule has 0 bridgehead atoms. The number of hydrogen-bond acceptors (Lipinski definition) is 5. The highest BCUT2D eigenvalue weighted by Crippen LogP contribution is 2.71. The number of carbonyl (C=O) groups excluding carboxylic acids is 3. The SMILES string of the molecule is C=C[C@]12C=CCN3CC[C@@]4(c5cc(OC(C)=O)ccc5NC(=O)[C@@]4(C(C)=O)C1)C32. The van der Waals surface area contributed by atoms with Gasteiger partial charge in [0.15, 0.2) is 0 Å². The number of ether oxygens (including phenoxy) is 1. The monoisotopic (exact) mass is 392 g/mol. The molecule has 150 valence electrons. The second kappa shape index (κ2) is 5.66. The van der Waals surface area contributed by atoms with Crippen molar-refractivity contribution in [1.29, 1.82) is 0 Å². The van der Waals surface area contributed by atoms with Crippen LogP contribution in [0.1, 0.15) is 32.3 Å². The van der Waals surface area contributed by atoms with Crippen LogP contribution in [0.15, 0.2) is 43.0 Å². The topological polar surface area (TPSA) is 75.7 Å². The van der Waals surface area contributed by atoms with E-state index in [0.717, 1.165) is 18.7 Å². The maximum absolute atomic E-state index is 13.6. The fraction of sp³-hybridized carbons (Fsp3) is 0.435. The first kappa shape index (κ1) is 18.3. The van der Waals surface area contributed by atoms with E-state index in [0.29, 0.717) is 24.3 Å². The minimum atomic E-state index is -1.18. The molecule has 1 saturated heterocycles. The van der Waals surface area contributed by atoms with Gasteiger partial charge in [-0.05, 0) is 50.1 Å². The van der Waals surface area contributed by atoms with Gasteiger partial charge < -0.3 is 10.1 Å². The highest BCUT2D eigenvalue weighted by molar-refractivity contribution is 6.15. The summed E-state index contributed by atoms with van der Waals surface area (Å²) in [5.41, 5.74) is -0.754. The molecule has 4 aliphatic rings. The van der Waals surface area contributed by atoms with Gasteiger partial charge in [-0.1, -0.05) is 18.2 Å². The molecule has 1 amide bonds. The highest BCUT2D eigenvalue weighted by Gasteiger charge is 2.78. The lowest BCUT2D eigenvalue weighted by atomic mass is 9.56. The van der Waals surface area contributed by atoms with E-state index in [1.165, 1.54) is 13.8 Å². The lowest BCUT2D eigenvalue weighted by Gasteiger charge is -2.49. The van der Waals surface area contributed by atoms with Gasteiger partial charge in [0.2, 0.25) is 5.91 Å². The quantitative estimate of drug-likeness (QED) is 0.370. The Morgan fingerprint density at radius 3 is 2.83 bits per heavy atom. The van der Waals surface area contributed by atoms with Gasteiger partial charge in [0, 0.05) is 36.0 Å². The van der Waals surface area contributed by atoms with Crippen LogP contribution in [0.25, 0.3) is 0 Å². The molecule has 3 aliphatic heterocycles. The molecule has 3 heterocycles. The van der Waals surface area contributed by atoms with Crippen molar-refractivity contribution >= 4 is 23.3 Å². The summed E-state index contributed by atoms with van der Waals surface area (Å²) < 4.78 is 5.36. The standard InChI is InChI=1S/C23H24N2O4/c1-4-21-8-5-10-25-11-9-22(19(21)25)17-12-16(29-15(3)27)6-7-18(17)24-20(28)23(22,13-21)14(2)26/h4-8,12,19H,1,9-11,13H2,2-3H3,(H,24,28)/t19?,21-,22+,23-/m0/s1. The van der Waals surface area contributed by atoms with Gasteiger partial charge in [0.05, 0.1) is 0 Å². The molecule has 1 aliphatic carbocycles. The molecular formula is C23H24N2O4. The maximum Gasteiger partial charge on any atom is 0.308 e. The molecular weight excluding hydrogens is 368 g/mol. The fourth-order valence-corrected chi connectivity index (χ4v) is 6.72.